The molecule has 1 fully saturated rings. The van der Waals surface area contributed by atoms with E-state index >= 15 is 0 Å². The van der Waals surface area contributed by atoms with Gasteiger partial charge in [-0.3, -0.25) is 14.6 Å². The van der Waals surface area contributed by atoms with Crippen LogP contribution < -0.4 is 10.6 Å². The van der Waals surface area contributed by atoms with E-state index in [9.17, 15) is 40.7 Å². The summed E-state index contributed by atoms with van der Waals surface area (Å²) in [6.07, 6.45) is -3.54. The van der Waals surface area contributed by atoms with E-state index in [4.69, 9.17) is 15.6 Å². The highest BCUT2D eigenvalue weighted by Gasteiger charge is 2.51. The largest absolute Gasteiger partial charge is 0.490 e. The SMILES string of the molecule is CC1(C)C(=O)N(c2ccc(SC(F)(F)F)cc2)C(=O)N1Cc1ccnc(-c2ccsc2C(N)=O)c1.O=C(O)C(F)(F)F. The molecule has 1 aliphatic rings. The molecule has 0 radical (unpaired) electrons. The Hall–Kier alpha value is -4.12. The fourth-order valence-corrected chi connectivity index (χ4v) is 5.03. The lowest BCUT2D eigenvalue weighted by atomic mass is 10.0. The Morgan fingerprint density at radius 3 is 2.17 bits per heavy atom. The van der Waals surface area contributed by atoms with E-state index in [0.717, 1.165) is 4.90 Å². The quantitative estimate of drug-likeness (QED) is 0.196. The standard InChI is InChI=1S/C23H19F3N4O3S2.C2HF3O2/c1-22(2)20(32)30(14-3-5-15(6-4-14)35-23(24,25)26)21(33)29(22)12-13-7-9-28-17(11-13)16-8-10-34-18(16)19(27)31;3-2(4,5)1(6)7/h3-11H,12H2,1-2H3,(H2,27,31);(H,6,7). The van der Waals surface area contributed by atoms with Crippen LogP contribution in [0.25, 0.3) is 11.3 Å². The van der Waals surface area contributed by atoms with Crippen LogP contribution in [0.5, 0.6) is 0 Å². The lowest BCUT2D eigenvalue weighted by Crippen LogP contribution is -2.43. The molecule has 1 aliphatic heterocycles. The minimum Gasteiger partial charge on any atom is -0.475 e. The van der Waals surface area contributed by atoms with Crippen LogP contribution in [0.15, 0.2) is 58.9 Å². The molecule has 3 heterocycles. The third kappa shape index (κ3) is 7.39. The maximum Gasteiger partial charge on any atom is 0.490 e. The molecule has 0 bridgehead atoms. The van der Waals surface area contributed by atoms with Crippen molar-refractivity contribution in [2.45, 2.75) is 42.5 Å². The molecule has 1 saturated heterocycles. The number of amides is 4. The molecule has 0 unspecified atom stereocenters. The van der Waals surface area contributed by atoms with Gasteiger partial charge in [0.25, 0.3) is 11.8 Å². The molecule has 3 N–H and O–H groups in total. The van der Waals surface area contributed by atoms with Crippen molar-refractivity contribution < 1.29 is 50.6 Å². The van der Waals surface area contributed by atoms with Crippen LogP contribution in [0, 0.1) is 0 Å². The number of primary amides is 1. The molecule has 3 aromatic rings. The van der Waals surface area contributed by atoms with Gasteiger partial charge in [0.15, 0.2) is 0 Å². The number of nitrogens with two attached hydrogens (primary N) is 1. The highest BCUT2D eigenvalue weighted by Crippen LogP contribution is 2.39. The van der Waals surface area contributed by atoms with Gasteiger partial charge in [-0.25, -0.2) is 14.5 Å². The number of aliphatic carboxylic acids is 1. The predicted molar refractivity (Wildman–Crippen MR) is 141 cm³/mol. The van der Waals surface area contributed by atoms with Gasteiger partial charge in [0.05, 0.1) is 11.4 Å². The number of hydrogen-bond acceptors (Lipinski definition) is 7. The Balaban J connectivity index is 0.000000616. The van der Waals surface area contributed by atoms with Crippen molar-refractivity contribution in [2.24, 2.45) is 5.73 Å². The topological polar surface area (TPSA) is 134 Å². The van der Waals surface area contributed by atoms with Gasteiger partial charge in [0, 0.05) is 23.2 Å². The second kappa shape index (κ2) is 12.0. The summed E-state index contributed by atoms with van der Waals surface area (Å²) in [6.45, 7) is 3.28. The number of urea groups is 1. The Labute approximate surface area is 241 Å². The van der Waals surface area contributed by atoms with Crippen LogP contribution in [-0.4, -0.2) is 56.0 Å². The highest BCUT2D eigenvalue weighted by molar-refractivity contribution is 8.00. The fraction of sp³-hybridized carbons (Fsp3) is 0.240. The summed E-state index contributed by atoms with van der Waals surface area (Å²) in [5, 5.41) is 8.85. The second-order valence-corrected chi connectivity index (χ2v) is 11.0. The average Bonchev–Trinajstić information content (AvgIpc) is 3.43. The molecule has 2 aromatic heterocycles. The minimum atomic E-state index is -5.08. The molecule has 1 aromatic carbocycles. The van der Waals surface area contributed by atoms with Crippen LogP contribution in [0.3, 0.4) is 0 Å². The van der Waals surface area contributed by atoms with Gasteiger partial charge in [-0.15, -0.1) is 11.3 Å². The van der Waals surface area contributed by atoms with Crippen molar-refractivity contribution in [3.8, 4) is 11.3 Å². The van der Waals surface area contributed by atoms with Crippen molar-refractivity contribution in [1.29, 1.82) is 0 Å². The van der Waals surface area contributed by atoms with Gasteiger partial charge in [-0.1, -0.05) is 0 Å². The number of thiophene rings is 1. The Bertz CT molecular complexity index is 1510. The van der Waals surface area contributed by atoms with E-state index in [-0.39, 0.29) is 28.9 Å². The Kier molecular flexibility index (Phi) is 9.26. The first-order valence-corrected chi connectivity index (χ1v) is 13.2. The smallest absolute Gasteiger partial charge is 0.475 e. The van der Waals surface area contributed by atoms with E-state index < -0.39 is 41.0 Å². The zero-order valence-electron chi connectivity index (χ0n) is 21.5. The first kappa shape index (κ1) is 32.4. The zero-order chi connectivity index (χ0) is 31.6. The van der Waals surface area contributed by atoms with E-state index in [1.54, 1.807) is 37.4 Å². The fourth-order valence-electron chi connectivity index (χ4n) is 3.73. The number of nitrogens with zero attached hydrogens (tertiary/aromatic N) is 3. The van der Waals surface area contributed by atoms with Crippen molar-refractivity contribution >= 4 is 52.6 Å². The van der Waals surface area contributed by atoms with Crippen LogP contribution in [0.4, 0.5) is 36.8 Å². The molecule has 4 rings (SSSR count). The summed E-state index contributed by atoms with van der Waals surface area (Å²) in [5.41, 5.74) is 1.72. The number of carbonyl (C=O) groups excluding carboxylic acids is 3. The van der Waals surface area contributed by atoms with Gasteiger partial charge >= 0.3 is 23.7 Å². The van der Waals surface area contributed by atoms with Crippen molar-refractivity contribution in [3.05, 3.63) is 64.5 Å². The first-order chi connectivity index (χ1) is 19.3. The molecule has 0 aliphatic carbocycles. The summed E-state index contributed by atoms with van der Waals surface area (Å²) >= 11 is 0.925. The van der Waals surface area contributed by atoms with E-state index in [0.29, 0.717) is 21.7 Å². The number of carboxylic acids is 1. The number of rotatable bonds is 6. The molecule has 0 spiro atoms. The third-order valence-corrected chi connectivity index (χ3v) is 7.39. The van der Waals surface area contributed by atoms with Crippen LogP contribution >= 0.6 is 23.1 Å². The number of aromatic nitrogens is 1. The third-order valence-electron chi connectivity index (χ3n) is 5.72. The Morgan fingerprint density at radius 2 is 1.64 bits per heavy atom. The summed E-state index contributed by atoms with van der Waals surface area (Å²) in [6, 6.07) is 9.61. The maximum atomic E-state index is 13.3. The van der Waals surface area contributed by atoms with Gasteiger partial charge in [-0.05, 0) is 79.0 Å². The summed E-state index contributed by atoms with van der Waals surface area (Å²) in [5.74, 6) is -3.83. The van der Waals surface area contributed by atoms with E-state index in [2.05, 4.69) is 4.98 Å². The van der Waals surface area contributed by atoms with Crippen LogP contribution in [0.2, 0.25) is 0 Å². The normalized spacial score (nSPS) is 15.0. The van der Waals surface area contributed by atoms with Gasteiger partial charge in [0.1, 0.15) is 10.4 Å². The van der Waals surface area contributed by atoms with Gasteiger partial charge in [0.2, 0.25) is 0 Å². The highest BCUT2D eigenvalue weighted by atomic mass is 32.2. The molecule has 4 amide bonds. The Morgan fingerprint density at radius 1 is 1.05 bits per heavy atom. The lowest BCUT2D eigenvalue weighted by molar-refractivity contribution is -0.192. The van der Waals surface area contributed by atoms with Crippen LogP contribution in [-0.2, 0) is 16.1 Å². The number of anilines is 1. The lowest BCUT2D eigenvalue weighted by Gasteiger charge is -2.27. The number of hydrogen-bond donors (Lipinski definition) is 2. The number of thioether (sulfide) groups is 1. The van der Waals surface area contributed by atoms with Crippen molar-refractivity contribution in [1.82, 2.24) is 9.88 Å². The first-order valence-electron chi connectivity index (χ1n) is 11.5. The molecule has 42 heavy (non-hydrogen) atoms. The minimum absolute atomic E-state index is 0.0514. The van der Waals surface area contributed by atoms with Crippen LogP contribution in [0.1, 0.15) is 29.1 Å². The number of pyridine rings is 1. The predicted octanol–water partition coefficient (Wildman–Crippen LogP) is 5.90. The number of carboxylic acid groups (broad SMARTS) is 1. The second-order valence-electron chi connectivity index (χ2n) is 8.99. The van der Waals surface area contributed by atoms with Gasteiger partial charge < -0.3 is 15.7 Å². The molecule has 0 saturated carbocycles. The summed E-state index contributed by atoms with van der Waals surface area (Å²) in [7, 11) is 0. The van der Waals surface area contributed by atoms with Crippen molar-refractivity contribution in [3.63, 3.8) is 0 Å². The molecule has 9 nitrogen and oxygen atoms in total. The maximum absolute atomic E-state index is 13.3. The van der Waals surface area contributed by atoms with Crippen molar-refractivity contribution in [2.75, 3.05) is 4.90 Å². The summed E-state index contributed by atoms with van der Waals surface area (Å²) < 4.78 is 69.6. The molecular weight excluding hydrogens is 614 g/mol. The number of imide groups is 1. The number of alkyl halides is 6. The zero-order valence-corrected chi connectivity index (χ0v) is 23.1. The number of carbonyl (C=O) groups is 4. The van der Waals surface area contributed by atoms with E-state index in [1.807, 2.05) is 0 Å². The summed E-state index contributed by atoms with van der Waals surface area (Å²) in [4.78, 5) is 54.0. The number of benzene rings is 1. The van der Waals surface area contributed by atoms with Gasteiger partial charge in [-0.2, -0.15) is 26.3 Å². The van der Waals surface area contributed by atoms with E-state index in [1.165, 1.54) is 46.7 Å². The number of halogens is 6. The molecule has 0 atom stereocenters. The monoisotopic (exact) mass is 634 g/mol. The molecule has 17 heteroatoms. The molecular formula is C25H20F6N4O5S2. The average molecular weight is 635 g/mol. The molecule has 224 valence electrons.